The van der Waals surface area contributed by atoms with Gasteiger partial charge < -0.3 is 28.0 Å². The van der Waals surface area contributed by atoms with Gasteiger partial charge in [0.25, 0.3) is 0 Å². The van der Waals surface area contributed by atoms with Crippen LogP contribution < -0.4 is 14.7 Å². The zero-order valence-corrected chi connectivity index (χ0v) is 77.3. The summed E-state index contributed by atoms with van der Waals surface area (Å²) in [5.74, 6) is 0. The number of hydrogen-bond acceptors (Lipinski definition) is 6. The van der Waals surface area contributed by atoms with Crippen molar-refractivity contribution in [3.63, 3.8) is 0 Å². The van der Waals surface area contributed by atoms with Gasteiger partial charge in [0.2, 0.25) is 0 Å². The van der Waals surface area contributed by atoms with E-state index in [0.29, 0.717) is 0 Å². The van der Waals surface area contributed by atoms with Gasteiger partial charge in [-0.25, -0.2) is 0 Å². The van der Waals surface area contributed by atoms with Gasteiger partial charge >= 0.3 is 0 Å². The Kier molecular flexibility index (Phi) is 20.2. The minimum absolute atomic E-state index is 0.915. The summed E-state index contributed by atoms with van der Waals surface area (Å²) >= 11 is 0. The van der Waals surface area contributed by atoms with E-state index in [1.807, 2.05) is 0 Å². The smallest absolute Gasteiger partial charge is 0.143 e. The first kappa shape index (κ1) is 82.6. The Hall–Kier alpha value is -18.9. The van der Waals surface area contributed by atoms with Gasteiger partial charge in [0.05, 0.1) is 5.69 Å². The predicted molar refractivity (Wildman–Crippen MR) is 602 cm³/mol. The molecular weight excluding hydrogens is 1720 g/mol. The van der Waals surface area contributed by atoms with Crippen molar-refractivity contribution < 1.29 is 13.3 Å². The number of fused-ring (bicyclic) bond motifs is 26. The molecule has 0 aliphatic rings. The van der Waals surface area contributed by atoms with Crippen LogP contribution in [-0.2, 0) is 0 Å². The lowest BCUT2D eigenvalue weighted by atomic mass is 9.98. The number of anilines is 9. The molecule has 0 saturated carbocycles. The van der Waals surface area contributed by atoms with Crippen molar-refractivity contribution in [3.8, 4) is 44.5 Å². The lowest BCUT2D eigenvalue weighted by Gasteiger charge is -2.27. The molecule has 3 heterocycles. The van der Waals surface area contributed by atoms with Crippen molar-refractivity contribution in [2.24, 2.45) is 0 Å². The molecule has 0 unspecified atom stereocenters. The van der Waals surface area contributed by atoms with Crippen molar-refractivity contribution in [1.29, 1.82) is 0 Å². The van der Waals surface area contributed by atoms with Crippen molar-refractivity contribution >= 4 is 225 Å². The number of rotatable bonds is 13. The molecular formula is C136H87N3O3. The van der Waals surface area contributed by atoms with E-state index >= 15 is 0 Å². The molecule has 664 valence electrons. The first-order valence-corrected chi connectivity index (χ1v) is 48.5. The molecule has 0 aliphatic heterocycles. The highest BCUT2D eigenvalue weighted by molar-refractivity contribution is 6.27. The molecule has 0 spiro atoms. The molecule has 6 nitrogen and oxygen atoms in total. The Labute approximate surface area is 819 Å². The van der Waals surface area contributed by atoms with E-state index in [9.17, 15) is 0 Å². The number of benzene rings is 26. The van der Waals surface area contributed by atoms with E-state index in [1.54, 1.807) is 0 Å². The van der Waals surface area contributed by atoms with E-state index in [4.69, 9.17) is 13.3 Å². The topological polar surface area (TPSA) is 49.1 Å². The molecule has 0 atom stereocenters. The molecule has 29 aromatic rings. The average Bonchev–Trinajstić information content (AvgIpc) is 1.58. The zero-order valence-electron chi connectivity index (χ0n) is 77.3. The maximum Gasteiger partial charge on any atom is 0.143 e. The van der Waals surface area contributed by atoms with Crippen LogP contribution in [0, 0.1) is 0 Å². The van der Waals surface area contributed by atoms with Crippen LogP contribution in [-0.4, -0.2) is 0 Å². The van der Waals surface area contributed by atoms with Gasteiger partial charge in [-0.15, -0.1) is 0 Å². The Balaban J connectivity index is 0.000000107. The SMILES string of the molecule is c1ccc(-c2ccc(N(c3ccc(-c4cccc5c4oc4c5ccc5ccc6ccccc6c54)cc3)c3ccc4ccccc4c3)cc2)cc1.c1ccc(N(c2ccc(-c3cccc4c3oc3c4ccc4ccc5ccccc5c43)cc2)c2ccc3c(ccc4ccccc43)c2)cc1.c1ccc(N(c2ccc(-c3cccc4c3oc3c4ccc4ccc5ccccc5c43)cc2)c2cccc3ccccc23)cc1. The molecule has 0 N–H and O–H groups in total. The second kappa shape index (κ2) is 34.7. The van der Waals surface area contributed by atoms with Crippen LogP contribution in [0.3, 0.4) is 0 Å². The van der Waals surface area contributed by atoms with Crippen molar-refractivity contribution in [1.82, 2.24) is 0 Å². The minimum Gasteiger partial charge on any atom is -0.455 e. The summed E-state index contributed by atoms with van der Waals surface area (Å²) < 4.78 is 20.5. The summed E-state index contributed by atoms with van der Waals surface area (Å²) in [6.45, 7) is 0. The summed E-state index contributed by atoms with van der Waals surface area (Å²) in [4.78, 5) is 7.01. The Morgan fingerprint density at radius 3 is 0.803 bits per heavy atom. The van der Waals surface area contributed by atoms with E-state index in [2.05, 4.69) is 542 Å². The van der Waals surface area contributed by atoms with Crippen LogP contribution >= 0.6 is 0 Å². The fourth-order valence-electron chi connectivity index (χ4n) is 21.9. The highest BCUT2D eigenvalue weighted by atomic mass is 16.3. The Morgan fingerprint density at radius 1 is 0.120 bits per heavy atom. The van der Waals surface area contributed by atoms with Crippen molar-refractivity contribution in [2.75, 3.05) is 14.7 Å². The number of para-hydroxylation sites is 5. The Bertz CT molecular complexity index is 9980. The maximum atomic E-state index is 6.85. The highest BCUT2D eigenvalue weighted by Crippen LogP contribution is 2.50. The first-order valence-electron chi connectivity index (χ1n) is 48.5. The Morgan fingerprint density at radius 2 is 0.366 bits per heavy atom. The summed E-state index contributed by atoms with van der Waals surface area (Å²) in [6.07, 6.45) is 0. The van der Waals surface area contributed by atoms with E-state index in [1.165, 1.54) is 119 Å². The second-order valence-corrected chi connectivity index (χ2v) is 36.8. The van der Waals surface area contributed by atoms with Crippen LogP contribution in [0.25, 0.3) is 218 Å². The van der Waals surface area contributed by atoms with Gasteiger partial charge in [-0.05, 0) is 235 Å². The fraction of sp³-hybridized carbons (Fsp3) is 0. The third-order valence-corrected chi connectivity index (χ3v) is 28.7. The summed E-state index contributed by atoms with van der Waals surface area (Å²) in [7, 11) is 0. The summed E-state index contributed by atoms with van der Waals surface area (Å²) in [5.41, 5.74) is 24.6. The van der Waals surface area contributed by atoms with Gasteiger partial charge in [-0.2, -0.15) is 0 Å². The number of hydrogen-bond donors (Lipinski definition) is 0. The van der Waals surface area contributed by atoms with Crippen LogP contribution in [0.5, 0.6) is 0 Å². The number of furan rings is 3. The third kappa shape index (κ3) is 14.4. The van der Waals surface area contributed by atoms with Gasteiger partial charge in [-0.3, -0.25) is 0 Å². The second-order valence-electron chi connectivity index (χ2n) is 36.8. The fourth-order valence-corrected chi connectivity index (χ4v) is 21.9. The highest BCUT2D eigenvalue weighted by Gasteiger charge is 2.25. The molecule has 0 amide bonds. The molecule has 0 radical (unpaired) electrons. The quantitative estimate of drug-likeness (QED) is 0.107. The molecule has 142 heavy (non-hydrogen) atoms. The van der Waals surface area contributed by atoms with Gasteiger partial charge in [0.1, 0.15) is 33.5 Å². The number of nitrogens with zero attached hydrogens (tertiary/aromatic N) is 3. The van der Waals surface area contributed by atoms with E-state index < -0.39 is 0 Å². The van der Waals surface area contributed by atoms with Crippen LogP contribution in [0.15, 0.2) is 541 Å². The minimum atomic E-state index is 0.915. The maximum absolute atomic E-state index is 6.85. The molecule has 0 bridgehead atoms. The van der Waals surface area contributed by atoms with Crippen LogP contribution in [0.2, 0.25) is 0 Å². The predicted octanol–water partition coefficient (Wildman–Crippen LogP) is 39.4. The van der Waals surface area contributed by atoms with E-state index in [0.717, 1.165) is 150 Å². The lowest BCUT2D eigenvalue weighted by Crippen LogP contribution is -2.10. The monoisotopic (exact) mass is 1810 g/mol. The van der Waals surface area contributed by atoms with Crippen molar-refractivity contribution in [3.05, 3.63) is 528 Å². The first-order chi connectivity index (χ1) is 70.4. The van der Waals surface area contributed by atoms with Gasteiger partial charge in [-0.1, -0.05) is 406 Å². The molecule has 3 aromatic heterocycles. The van der Waals surface area contributed by atoms with Gasteiger partial charge in [0.15, 0.2) is 0 Å². The van der Waals surface area contributed by atoms with Crippen LogP contribution in [0.4, 0.5) is 51.2 Å². The molecule has 0 saturated heterocycles. The van der Waals surface area contributed by atoms with E-state index in [-0.39, 0.29) is 0 Å². The molecule has 29 rings (SSSR count). The zero-order chi connectivity index (χ0) is 93.7. The largest absolute Gasteiger partial charge is 0.455 e. The molecule has 6 heteroatoms. The lowest BCUT2D eigenvalue weighted by molar-refractivity contribution is 0.673. The normalized spacial score (nSPS) is 11.7. The summed E-state index contributed by atoms with van der Waals surface area (Å²) in [5, 5.41) is 31.1. The molecule has 0 aliphatic carbocycles. The third-order valence-electron chi connectivity index (χ3n) is 28.7. The standard InChI is InChI=1S/C48H31NO.C46H29NO.C42H27NO/c1-2-9-32(10-3-1)34-19-25-39(26-20-34)49(41-29-21-33-11-4-5-13-38(33)31-41)40-27-22-36(23-28-40)43-15-8-16-44-45-30-24-37-18-17-35-12-6-7-14-42(35)46(37)48(45)50-47(43)44;1-2-11-35(12-3-1)47(37-26-28-39-34(29-37)20-18-30-9-4-6-13-38(30)39)36-24-21-32(22-25-36)41-15-8-16-42-43-27-23-33-19-17-31-10-5-7-14-40(31)44(33)46(43)48-45(41)42;1-2-13-32(14-3-1)43(39-19-8-12-28-10-4-6-15-34(28)39)33-25-22-30(23-26-33)36-17-9-18-37-38-27-24-31-21-20-29-11-5-7-16-35(29)40(31)42(38)44-41(36)37/h1-31H;1-29H;1-27H. The van der Waals surface area contributed by atoms with Gasteiger partial charge in [0, 0.05) is 116 Å². The summed E-state index contributed by atoms with van der Waals surface area (Å²) in [6, 6.07) is 189. The van der Waals surface area contributed by atoms with Crippen molar-refractivity contribution in [2.45, 2.75) is 0 Å². The average molecular weight is 1810 g/mol. The van der Waals surface area contributed by atoms with Crippen LogP contribution in [0.1, 0.15) is 0 Å². The molecule has 0 fully saturated rings. The molecule has 26 aromatic carbocycles.